The molecule has 3 aromatic rings. The van der Waals surface area contributed by atoms with Gasteiger partial charge in [0.2, 0.25) is 11.7 Å². The maximum atomic E-state index is 13.2. The molecule has 184 valence electrons. The number of carbonyl (C=O) groups excluding carboxylic acids is 2. The lowest BCUT2D eigenvalue weighted by atomic mass is 9.76. The van der Waals surface area contributed by atoms with E-state index in [9.17, 15) is 9.59 Å². The van der Waals surface area contributed by atoms with Crippen LogP contribution in [0.1, 0.15) is 58.4 Å². The van der Waals surface area contributed by atoms with Crippen LogP contribution in [0.15, 0.2) is 33.2 Å². The summed E-state index contributed by atoms with van der Waals surface area (Å²) in [5.41, 5.74) is 1.98. The van der Waals surface area contributed by atoms with Gasteiger partial charge in [-0.05, 0) is 36.6 Å². The lowest BCUT2D eigenvalue weighted by Crippen LogP contribution is -2.48. The van der Waals surface area contributed by atoms with E-state index in [4.69, 9.17) is 13.7 Å². The first kappa shape index (κ1) is 23.3. The van der Waals surface area contributed by atoms with E-state index in [0.717, 1.165) is 11.3 Å². The molecule has 2 aliphatic rings. The Morgan fingerprint density at radius 3 is 2.51 bits per heavy atom. The third-order valence-corrected chi connectivity index (χ3v) is 6.81. The van der Waals surface area contributed by atoms with E-state index in [1.54, 1.807) is 12.0 Å². The lowest BCUT2D eigenvalue weighted by Gasteiger charge is -2.33. The highest BCUT2D eigenvalue weighted by Crippen LogP contribution is 2.38. The Morgan fingerprint density at radius 1 is 1.11 bits per heavy atom. The predicted octanol–water partition coefficient (Wildman–Crippen LogP) is 3.76. The van der Waals surface area contributed by atoms with E-state index in [2.05, 4.69) is 28.9 Å². The van der Waals surface area contributed by atoms with E-state index in [1.165, 1.54) is 0 Å². The average molecular weight is 479 g/mol. The molecule has 1 aromatic carbocycles. The second kappa shape index (κ2) is 8.96. The second-order valence-electron chi connectivity index (χ2n) is 10.1. The van der Waals surface area contributed by atoms with Crippen molar-refractivity contribution in [2.24, 2.45) is 5.41 Å². The quantitative estimate of drug-likeness (QED) is 0.546. The zero-order valence-corrected chi connectivity index (χ0v) is 20.6. The number of furan rings is 1. The molecule has 1 aliphatic carbocycles. The van der Waals surface area contributed by atoms with Crippen LogP contribution in [0.4, 0.5) is 0 Å². The van der Waals surface area contributed by atoms with Gasteiger partial charge in [0.15, 0.2) is 11.5 Å². The van der Waals surface area contributed by atoms with Crippen LogP contribution in [-0.4, -0.2) is 64.9 Å². The Hall–Kier alpha value is -3.46. The number of piperazine rings is 1. The van der Waals surface area contributed by atoms with Crippen molar-refractivity contribution in [1.82, 2.24) is 19.9 Å². The predicted molar refractivity (Wildman–Crippen MR) is 127 cm³/mol. The fourth-order valence-electron chi connectivity index (χ4n) is 4.91. The van der Waals surface area contributed by atoms with E-state index in [-0.39, 0.29) is 17.1 Å². The smallest absolute Gasteiger partial charge is 0.289 e. The normalized spacial score (nSPS) is 17.9. The van der Waals surface area contributed by atoms with Crippen molar-refractivity contribution in [3.63, 3.8) is 0 Å². The summed E-state index contributed by atoms with van der Waals surface area (Å²) in [6.07, 6.45) is 1.14. The molecule has 1 aliphatic heterocycles. The molecule has 9 heteroatoms. The topological polar surface area (TPSA) is 102 Å². The fraction of sp³-hybridized carbons (Fsp3) is 0.462. The summed E-state index contributed by atoms with van der Waals surface area (Å²) in [7, 11) is 1.62. The summed E-state index contributed by atoms with van der Waals surface area (Å²) in [4.78, 5) is 34.4. The SMILES string of the molecule is COc1ccc(-c2noc(CN3CCN(C(=O)c4oc5c(c4C)C(=O)CC(C)(C)C5)CC3)n2)cc1. The number of ether oxygens (including phenoxy) is 1. The number of methoxy groups -OCH3 is 1. The largest absolute Gasteiger partial charge is 0.497 e. The third kappa shape index (κ3) is 4.60. The second-order valence-corrected chi connectivity index (χ2v) is 10.1. The number of fused-ring (bicyclic) bond motifs is 1. The number of hydrogen-bond donors (Lipinski definition) is 0. The molecule has 0 unspecified atom stereocenters. The molecule has 0 atom stereocenters. The van der Waals surface area contributed by atoms with Gasteiger partial charge < -0.3 is 18.6 Å². The summed E-state index contributed by atoms with van der Waals surface area (Å²) in [6.45, 7) is 8.91. The van der Waals surface area contributed by atoms with Crippen LogP contribution in [0.5, 0.6) is 5.75 Å². The van der Waals surface area contributed by atoms with Crippen molar-refractivity contribution in [2.45, 2.75) is 40.2 Å². The highest BCUT2D eigenvalue weighted by Gasteiger charge is 2.38. The number of hydrogen-bond acceptors (Lipinski definition) is 8. The van der Waals surface area contributed by atoms with E-state index in [1.807, 2.05) is 31.2 Å². The molecule has 2 aromatic heterocycles. The average Bonchev–Trinajstić information content (AvgIpc) is 3.42. The Balaban J connectivity index is 1.20. The van der Waals surface area contributed by atoms with Crippen molar-refractivity contribution in [1.29, 1.82) is 0 Å². The zero-order chi connectivity index (χ0) is 24.7. The van der Waals surface area contributed by atoms with Crippen LogP contribution in [0.2, 0.25) is 0 Å². The summed E-state index contributed by atoms with van der Waals surface area (Å²) < 4.78 is 16.6. The number of amides is 1. The van der Waals surface area contributed by atoms with Gasteiger partial charge in [-0.1, -0.05) is 19.0 Å². The molecular weight excluding hydrogens is 448 g/mol. The zero-order valence-electron chi connectivity index (χ0n) is 20.6. The van der Waals surface area contributed by atoms with E-state index >= 15 is 0 Å². The standard InChI is InChI=1S/C26H30N4O5/c1-16-22-19(31)13-26(2,3)14-20(22)34-23(16)25(32)30-11-9-29(10-12-30)15-21-27-24(28-35-21)17-5-7-18(33-4)8-6-17/h5-8H,9-15H2,1-4H3. The molecule has 0 saturated carbocycles. The maximum absolute atomic E-state index is 13.2. The van der Waals surface area contributed by atoms with Gasteiger partial charge in [-0.15, -0.1) is 0 Å². The summed E-state index contributed by atoms with van der Waals surface area (Å²) in [5.74, 6) is 2.70. The number of Topliss-reactive ketones (excluding diaryl/α,β-unsaturated/α-hetero) is 1. The summed E-state index contributed by atoms with van der Waals surface area (Å²) >= 11 is 0. The number of carbonyl (C=O) groups is 2. The first-order valence-corrected chi connectivity index (χ1v) is 11.9. The minimum atomic E-state index is -0.151. The summed E-state index contributed by atoms with van der Waals surface area (Å²) in [5, 5.41) is 4.09. The van der Waals surface area contributed by atoms with Crippen LogP contribution in [0.3, 0.4) is 0 Å². The highest BCUT2D eigenvalue weighted by atomic mass is 16.5. The third-order valence-electron chi connectivity index (χ3n) is 6.81. The van der Waals surface area contributed by atoms with Gasteiger partial charge in [-0.3, -0.25) is 14.5 Å². The van der Waals surface area contributed by atoms with Crippen molar-refractivity contribution >= 4 is 11.7 Å². The molecular formula is C26H30N4O5. The van der Waals surface area contributed by atoms with Gasteiger partial charge in [-0.25, -0.2) is 0 Å². The van der Waals surface area contributed by atoms with Gasteiger partial charge in [-0.2, -0.15) is 4.98 Å². The van der Waals surface area contributed by atoms with Gasteiger partial charge in [0, 0.05) is 50.1 Å². The number of ketones is 1. The Kier molecular flexibility index (Phi) is 5.96. The molecule has 0 spiro atoms. The van der Waals surface area contributed by atoms with Crippen LogP contribution >= 0.6 is 0 Å². The molecule has 1 amide bonds. The highest BCUT2D eigenvalue weighted by molar-refractivity contribution is 6.03. The van der Waals surface area contributed by atoms with Crippen LogP contribution in [0.25, 0.3) is 11.4 Å². The first-order valence-electron chi connectivity index (χ1n) is 11.9. The Bertz CT molecular complexity index is 1250. The molecule has 9 nitrogen and oxygen atoms in total. The van der Waals surface area contributed by atoms with E-state index < -0.39 is 0 Å². The van der Waals surface area contributed by atoms with Crippen LogP contribution in [-0.2, 0) is 13.0 Å². The molecule has 1 fully saturated rings. The van der Waals surface area contributed by atoms with Crippen LogP contribution in [0, 0.1) is 12.3 Å². The fourth-order valence-corrected chi connectivity index (χ4v) is 4.91. The van der Waals surface area contributed by atoms with Gasteiger partial charge in [0.25, 0.3) is 5.91 Å². The van der Waals surface area contributed by atoms with Crippen molar-refractivity contribution in [2.75, 3.05) is 33.3 Å². The monoisotopic (exact) mass is 478 g/mol. The molecule has 1 saturated heterocycles. The number of benzene rings is 1. The van der Waals surface area contributed by atoms with Crippen molar-refractivity contribution < 1.29 is 23.3 Å². The molecule has 0 radical (unpaired) electrons. The van der Waals surface area contributed by atoms with Gasteiger partial charge in [0.1, 0.15) is 11.5 Å². The first-order chi connectivity index (χ1) is 16.7. The number of rotatable bonds is 5. The number of nitrogens with zero attached hydrogens (tertiary/aromatic N) is 4. The Labute approximate surface area is 204 Å². The molecule has 35 heavy (non-hydrogen) atoms. The minimum Gasteiger partial charge on any atom is -0.497 e. The molecule has 0 N–H and O–H groups in total. The van der Waals surface area contributed by atoms with Gasteiger partial charge >= 0.3 is 0 Å². The van der Waals surface area contributed by atoms with Gasteiger partial charge in [0.05, 0.1) is 19.2 Å². The molecule has 3 heterocycles. The molecule has 0 bridgehead atoms. The maximum Gasteiger partial charge on any atom is 0.289 e. The lowest BCUT2D eigenvalue weighted by molar-refractivity contribution is 0.0580. The van der Waals surface area contributed by atoms with Crippen LogP contribution < -0.4 is 4.74 Å². The van der Waals surface area contributed by atoms with Crippen molar-refractivity contribution in [3.05, 3.63) is 52.8 Å². The number of aromatic nitrogens is 2. The van der Waals surface area contributed by atoms with E-state index in [0.29, 0.717) is 79.9 Å². The molecule has 5 rings (SSSR count). The van der Waals surface area contributed by atoms with Crippen molar-refractivity contribution in [3.8, 4) is 17.1 Å². The summed E-state index contributed by atoms with van der Waals surface area (Å²) in [6, 6.07) is 7.49. The minimum absolute atomic E-state index is 0.0648. The Morgan fingerprint density at radius 2 is 1.83 bits per heavy atom.